The molecule has 0 aromatic heterocycles. The summed E-state index contributed by atoms with van der Waals surface area (Å²) < 4.78 is 0. The summed E-state index contributed by atoms with van der Waals surface area (Å²) in [7, 11) is 3.81. The highest BCUT2D eigenvalue weighted by atomic mass is 16.8. The van der Waals surface area contributed by atoms with Crippen LogP contribution in [0.1, 0.15) is 0 Å². The fraction of sp³-hybridized carbons (Fsp3) is 0.250. The average molecular weight is 167 g/mol. The van der Waals surface area contributed by atoms with E-state index >= 15 is 0 Å². The van der Waals surface area contributed by atoms with Crippen molar-refractivity contribution in [2.24, 2.45) is 0 Å². The minimum Gasteiger partial charge on any atom is -0.733 e. The predicted octanol–water partition coefficient (Wildman–Crippen LogP) is 1.45. The van der Waals surface area contributed by atoms with E-state index < -0.39 is 0 Å². The Kier molecular flexibility index (Phi) is 2.52. The highest BCUT2D eigenvalue weighted by Gasteiger charge is 1.94. The maximum atomic E-state index is 10.4. The molecule has 0 radical (unpaired) electrons. The van der Waals surface area contributed by atoms with E-state index in [1.54, 1.807) is 24.3 Å². The molecule has 1 aromatic rings. The van der Waals surface area contributed by atoms with Crippen LogP contribution < -0.4 is 10.1 Å². The van der Waals surface area contributed by atoms with Crippen molar-refractivity contribution in [1.29, 1.82) is 0 Å². The number of hydrogen-bond acceptors (Lipinski definition) is 4. The zero-order valence-electron chi connectivity index (χ0n) is 7.06. The molecule has 0 saturated carbocycles. The third-order valence-corrected chi connectivity index (χ3v) is 1.59. The third kappa shape index (κ3) is 1.87. The normalized spacial score (nSPS) is 9.67. The highest BCUT2D eigenvalue weighted by molar-refractivity contribution is 5.54. The Labute approximate surface area is 71.2 Å². The standard InChI is InChI=1S/C8H11N2O2/c1-9(2)7-3-5-8(6-4-7)10(11)12/h3-6,11H,1-2H3/q-1. The second-order valence-electron chi connectivity index (χ2n) is 2.68. The molecule has 1 rings (SSSR count). The Morgan fingerprint density at radius 2 is 1.50 bits per heavy atom. The van der Waals surface area contributed by atoms with Gasteiger partial charge in [0.1, 0.15) is 0 Å². The first-order valence-corrected chi connectivity index (χ1v) is 3.55. The Morgan fingerprint density at radius 3 is 1.83 bits per heavy atom. The minimum absolute atomic E-state index is 0.153. The Bertz CT molecular complexity index is 217. The van der Waals surface area contributed by atoms with E-state index in [4.69, 9.17) is 5.21 Å². The van der Waals surface area contributed by atoms with Crippen LogP contribution in [0.2, 0.25) is 0 Å². The van der Waals surface area contributed by atoms with E-state index in [-0.39, 0.29) is 10.9 Å². The smallest absolute Gasteiger partial charge is 0.0510 e. The molecule has 1 aromatic carbocycles. The van der Waals surface area contributed by atoms with Crippen molar-refractivity contribution in [2.75, 3.05) is 24.2 Å². The molecule has 1 N–H and O–H groups in total. The van der Waals surface area contributed by atoms with Gasteiger partial charge in [-0.3, -0.25) is 5.21 Å². The fourth-order valence-corrected chi connectivity index (χ4v) is 0.878. The van der Waals surface area contributed by atoms with Gasteiger partial charge in [0.15, 0.2) is 0 Å². The number of rotatable bonds is 2. The molecule has 0 spiro atoms. The zero-order chi connectivity index (χ0) is 9.14. The quantitative estimate of drug-likeness (QED) is 0.677. The molecular weight excluding hydrogens is 156 g/mol. The van der Waals surface area contributed by atoms with Gasteiger partial charge >= 0.3 is 0 Å². The molecule has 4 nitrogen and oxygen atoms in total. The molecule has 0 aliphatic heterocycles. The third-order valence-electron chi connectivity index (χ3n) is 1.59. The summed E-state index contributed by atoms with van der Waals surface area (Å²) in [5.41, 5.74) is 1.22. The lowest BCUT2D eigenvalue weighted by Gasteiger charge is -2.22. The molecule has 0 atom stereocenters. The van der Waals surface area contributed by atoms with Gasteiger partial charge in [-0.1, -0.05) is 0 Å². The van der Waals surface area contributed by atoms with Crippen LogP contribution >= 0.6 is 0 Å². The molecule has 12 heavy (non-hydrogen) atoms. The van der Waals surface area contributed by atoms with Crippen LogP contribution in [0.25, 0.3) is 0 Å². The maximum Gasteiger partial charge on any atom is 0.0510 e. The van der Waals surface area contributed by atoms with Crippen LogP contribution in [0, 0.1) is 5.21 Å². The lowest BCUT2D eigenvalue weighted by Crippen LogP contribution is -2.10. The van der Waals surface area contributed by atoms with Gasteiger partial charge in [-0.15, -0.1) is 0 Å². The fourth-order valence-electron chi connectivity index (χ4n) is 0.878. The SMILES string of the molecule is CN(C)c1ccc(N([O-])O)cc1. The summed E-state index contributed by atoms with van der Waals surface area (Å²) in [6, 6.07) is 6.64. The molecular formula is C8H11N2O2-. The van der Waals surface area contributed by atoms with Crippen molar-refractivity contribution in [3.05, 3.63) is 29.5 Å². The number of nitrogens with zero attached hydrogens (tertiary/aromatic N) is 2. The van der Waals surface area contributed by atoms with Crippen molar-refractivity contribution in [1.82, 2.24) is 0 Å². The van der Waals surface area contributed by atoms with Crippen LogP contribution in [0.15, 0.2) is 24.3 Å². The van der Waals surface area contributed by atoms with Crippen molar-refractivity contribution in [3.8, 4) is 0 Å². The highest BCUT2D eigenvalue weighted by Crippen LogP contribution is 2.17. The van der Waals surface area contributed by atoms with E-state index in [2.05, 4.69) is 0 Å². The van der Waals surface area contributed by atoms with E-state index in [9.17, 15) is 5.21 Å². The van der Waals surface area contributed by atoms with Crippen LogP contribution in [0.3, 0.4) is 0 Å². The second-order valence-corrected chi connectivity index (χ2v) is 2.68. The Hall–Kier alpha value is -1.26. The zero-order valence-corrected chi connectivity index (χ0v) is 7.06. The largest absolute Gasteiger partial charge is 0.733 e. The van der Waals surface area contributed by atoms with Crippen LogP contribution in [0.4, 0.5) is 11.4 Å². The topological polar surface area (TPSA) is 49.8 Å². The summed E-state index contributed by atoms with van der Waals surface area (Å²) in [6.45, 7) is 0. The van der Waals surface area contributed by atoms with Crippen molar-refractivity contribution in [3.63, 3.8) is 0 Å². The first kappa shape index (κ1) is 8.83. The minimum atomic E-state index is -0.153. The van der Waals surface area contributed by atoms with E-state index in [1.807, 2.05) is 19.0 Å². The van der Waals surface area contributed by atoms with Gasteiger partial charge in [0.2, 0.25) is 0 Å². The van der Waals surface area contributed by atoms with Crippen LogP contribution in [-0.2, 0) is 0 Å². The van der Waals surface area contributed by atoms with Gasteiger partial charge in [0, 0.05) is 19.8 Å². The Balaban J connectivity index is 2.86. The van der Waals surface area contributed by atoms with Gasteiger partial charge in [0.05, 0.1) is 5.69 Å². The van der Waals surface area contributed by atoms with Crippen LogP contribution in [0.5, 0.6) is 0 Å². The summed E-state index contributed by atoms with van der Waals surface area (Å²) in [5.74, 6) is 0. The van der Waals surface area contributed by atoms with E-state index in [0.29, 0.717) is 0 Å². The molecule has 0 unspecified atom stereocenters. The molecule has 0 bridgehead atoms. The maximum absolute atomic E-state index is 10.4. The number of anilines is 2. The molecule has 4 heteroatoms. The predicted molar refractivity (Wildman–Crippen MR) is 48.4 cm³/mol. The van der Waals surface area contributed by atoms with Crippen LogP contribution in [-0.4, -0.2) is 19.3 Å². The van der Waals surface area contributed by atoms with Gasteiger partial charge in [-0.25, -0.2) is 0 Å². The summed E-state index contributed by atoms with van der Waals surface area (Å²) in [5, 5.41) is 18.7. The van der Waals surface area contributed by atoms with E-state index in [1.165, 1.54) is 0 Å². The molecule has 0 aliphatic carbocycles. The summed E-state index contributed by atoms with van der Waals surface area (Å²) in [4.78, 5) is 1.91. The summed E-state index contributed by atoms with van der Waals surface area (Å²) in [6.07, 6.45) is 0. The monoisotopic (exact) mass is 167 g/mol. The number of benzene rings is 1. The lowest BCUT2D eigenvalue weighted by atomic mass is 10.3. The first-order valence-electron chi connectivity index (χ1n) is 3.55. The summed E-state index contributed by atoms with van der Waals surface area (Å²) >= 11 is 0. The Morgan fingerprint density at radius 1 is 1.08 bits per heavy atom. The molecule has 0 amide bonds. The molecule has 0 saturated heterocycles. The first-order chi connectivity index (χ1) is 5.61. The molecule has 0 heterocycles. The lowest BCUT2D eigenvalue weighted by molar-refractivity contribution is 0.296. The second kappa shape index (κ2) is 3.42. The van der Waals surface area contributed by atoms with Crippen molar-refractivity contribution < 1.29 is 5.21 Å². The van der Waals surface area contributed by atoms with Crippen molar-refractivity contribution >= 4 is 11.4 Å². The number of hydrogen-bond donors (Lipinski definition) is 1. The molecule has 66 valence electrons. The van der Waals surface area contributed by atoms with Gasteiger partial charge in [-0.05, 0) is 24.3 Å². The van der Waals surface area contributed by atoms with Gasteiger partial charge < -0.3 is 15.3 Å². The molecule has 0 fully saturated rings. The van der Waals surface area contributed by atoms with Gasteiger partial charge in [-0.2, -0.15) is 0 Å². The van der Waals surface area contributed by atoms with Crippen molar-refractivity contribution in [2.45, 2.75) is 0 Å². The molecule has 0 aliphatic rings. The van der Waals surface area contributed by atoms with Gasteiger partial charge in [0.25, 0.3) is 0 Å². The van der Waals surface area contributed by atoms with E-state index in [0.717, 1.165) is 5.69 Å². The average Bonchev–Trinajstić information content (AvgIpc) is 2.04.